The summed E-state index contributed by atoms with van der Waals surface area (Å²) in [6.45, 7) is 4.36. The van der Waals surface area contributed by atoms with E-state index in [4.69, 9.17) is 0 Å². The van der Waals surface area contributed by atoms with Crippen molar-refractivity contribution in [1.29, 1.82) is 0 Å². The van der Waals surface area contributed by atoms with Crippen molar-refractivity contribution < 1.29 is 5.11 Å². The van der Waals surface area contributed by atoms with Crippen LogP contribution >= 0.6 is 0 Å². The predicted octanol–water partition coefficient (Wildman–Crippen LogP) is 2.29. The number of hydrogen-bond acceptors (Lipinski definition) is 2. The molecule has 0 spiro atoms. The highest BCUT2D eigenvalue weighted by atomic mass is 16.3. The Kier molecular flexibility index (Phi) is 2.82. The molecule has 3 nitrogen and oxygen atoms in total. The maximum atomic E-state index is 10.7. The van der Waals surface area contributed by atoms with Crippen molar-refractivity contribution in [2.24, 2.45) is 12.5 Å². The molecule has 1 heterocycles. The highest BCUT2D eigenvalue weighted by Crippen LogP contribution is 2.48. The topological polar surface area (TPSA) is 38.0 Å². The Labute approximate surface area is 97.5 Å². The van der Waals surface area contributed by atoms with Gasteiger partial charge in [0.25, 0.3) is 0 Å². The predicted molar refractivity (Wildman–Crippen MR) is 64.1 cm³/mol. The minimum atomic E-state index is -0.501. The van der Waals surface area contributed by atoms with Crippen molar-refractivity contribution in [1.82, 2.24) is 9.55 Å². The summed E-state index contributed by atoms with van der Waals surface area (Å²) in [5, 5.41) is 10.7. The molecule has 1 aromatic heterocycles. The SMILES string of the molecule is Cn1ccnc1CCC1(O)CCCC1(C)C. The smallest absolute Gasteiger partial charge is 0.108 e. The van der Waals surface area contributed by atoms with Crippen molar-refractivity contribution in [3.8, 4) is 0 Å². The third-order valence-electron chi connectivity index (χ3n) is 4.34. The van der Waals surface area contributed by atoms with Gasteiger partial charge in [0.2, 0.25) is 0 Å². The first-order chi connectivity index (χ1) is 7.45. The molecule has 0 saturated heterocycles. The minimum Gasteiger partial charge on any atom is -0.389 e. The van der Waals surface area contributed by atoms with E-state index in [2.05, 4.69) is 18.8 Å². The molecule has 2 rings (SSSR count). The lowest BCUT2D eigenvalue weighted by atomic mass is 9.75. The van der Waals surface area contributed by atoms with Crippen LogP contribution in [-0.2, 0) is 13.5 Å². The van der Waals surface area contributed by atoms with Crippen LogP contribution in [-0.4, -0.2) is 20.3 Å². The van der Waals surface area contributed by atoms with Gasteiger partial charge in [0, 0.05) is 25.9 Å². The van der Waals surface area contributed by atoms with Crippen LogP contribution in [0.5, 0.6) is 0 Å². The summed E-state index contributed by atoms with van der Waals surface area (Å²) in [5.41, 5.74) is -0.447. The summed E-state index contributed by atoms with van der Waals surface area (Å²) in [6.07, 6.45) is 8.67. The summed E-state index contributed by atoms with van der Waals surface area (Å²) in [6, 6.07) is 0. The molecule has 0 radical (unpaired) electrons. The third kappa shape index (κ3) is 1.88. The monoisotopic (exact) mass is 222 g/mol. The van der Waals surface area contributed by atoms with Gasteiger partial charge in [-0.1, -0.05) is 13.8 Å². The van der Waals surface area contributed by atoms with Gasteiger partial charge in [-0.2, -0.15) is 0 Å². The number of imidazole rings is 1. The molecule has 0 bridgehead atoms. The normalized spacial score (nSPS) is 28.5. The van der Waals surface area contributed by atoms with E-state index in [1.165, 1.54) is 0 Å². The maximum Gasteiger partial charge on any atom is 0.108 e. The second-order valence-corrected chi connectivity index (χ2v) is 5.72. The van der Waals surface area contributed by atoms with Crippen molar-refractivity contribution in [2.75, 3.05) is 0 Å². The number of rotatable bonds is 3. The number of hydrogen-bond donors (Lipinski definition) is 1. The molecule has 1 fully saturated rings. The molecule has 16 heavy (non-hydrogen) atoms. The van der Waals surface area contributed by atoms with Crippen molar-refractivity contribution in [3.63, 3.8) is 0 Å². The highest BCUT2D eigenvalue weighted by Gasteiger charge is 2.46. The first-order valence-electron chi connectivity index (χ1n) is 6.13. The number of aryl methyl sites for hydroxylation is 2. The van der Waals surface area contributed by atoms with Gasteiger partial charge in [-0.05, 0) is 31.1 Å². The molecule has 1 aliphatic carbocycles. The Morgan fingerprint density at radius 3 is 2.69 bits per heavy atom. The van der Waals surface area contributed by atoms with E-state index in [-0.39, 0.29) is 5.41 Å². The molecule has 90 valence electrons. The fraction of sp³-hybridized carbons (Fsp3) is 0.769. The average Bonchev–Trinajstić information content (AvgIpc) is 2.70. The van der Waals surface area contributed by atoms with Crippen LogP contribution in [0.3, 0.4) is 0 Å². The minimum absolute atomic E-state index is 0.0537. The van der Waals surface area contributed by atoms with Crippen molar-refractivity contribution >= 4 is 0 Å². The van der Waals surface area contributed by atoms with Crippen LogP contribution in [0.2, 0.25) is 0 Å². The van der Waals surface area contributed by atoms with E-state index in [0.29, 0.717) is 0 Å². The molecule has 0 aromatic carbocycles. The van der Waals surface area contributed by atoms with Crippen LogP contribution < -0.4 is 0 Å². The Bertz CT molecular complexity index is 370. The van der Waals surface area contributed by atoms with Crippen LogP contribution in [0, 0.1) is 5.41 Å². The van der Waals surface area contributed by atoms with Crippen molar-refractivity contribution in [2.45, 2.75) is 51.6 Å². The molecule has 1 N–H and O–H groups in total. The molecule has 0 amide bonds. The Balaban J connectivity index is 2.03. The first kappa shape index (κ1) is 11.6. The Morgan fingerprint density at radius 2 is 2.19 bits per heavy atom. The van der Waals surface area contributed by atoms with Gasteiger partial charge in [-0.3, -0.25) is 0 Å². The van der Waals surface area contributed by atoms with Gasteiger partial charge < -0.3 is 9.67 Å². The van der Waals surface area contributed by atoms with Gasteiger partial charge in [0.15, 0.2) is 0 Å². The molecule has 1 unspecified atom stereocenters. The molecule has 1 aromatic rings. The lowest BCUT2D eigenvalue weighted by Gasteiger charge is -2.36. The molecule has 1 atom stereocenters. The molecular formula is C13H22N2O. The zero-order chi connectivity index (χ0) is 11.8. The van der Waals surface area contributed by atoms with E-state index in [1.54, 1.807) is 0 Å². The van der Waals surface area contributed by atoms with E-state index < -0.39 is 5.60 Å². The number of aliphatic hydroxyl groups is 1. The largest absolute Gasteiger partial charge is 0.389 e. The fourth-order valence-corrected chi connectivity index (χ4v) is 2.81. The number of aromatic nitrogens is 2. The molecule has 3 heteroatoms. The lowest BCUT2D eigenvalue weighted by molar-refractivity contribution is -0.0494. The fourth-order valence-electron chi connectivity index (χ4n) is 2.81. The van der Waals surface area contributed by atoms with Gasteiger partial charge in [-0.15, -0.1) is 0 Å². The van der Waals surface area contributed by atoms with Crippen LogP contribution in [0.25, 0.3) is 0 Å². The quantitative estimate of drug-likeness (QED) is 0.852. The molecular weight excluding hydrogens is 200 g/mol. The Morgan fingerprint density at radius 1 is 1.44 bits per heavy atom. The van der Waals surface area contributed by atoms with Gasteiger partial charge in [0.1, 0.15) is 5.82 Å². The van der Waals surface area contributed by atoms with Gasteiger partial charge >= 0.3 is 0 Å². The average molecular weight is 222 g/mol. The summed E-state index contributed by atoms with van der Waals surface area (Å²) in [7, 11) is 2.01. The third-order valence-corrected chi connectivity index (χ3v) is 4.34. The summed E-state index contributed by atoms with van der Waals surface area (Å²) < 4.78 is 2.03. The van der Waals surface area contributed by atoms with Gasteiger partial charge in [-0.25, -0.2) is 4.98 Å². The molecule has 0 aliphatic heterocycles. The van der Waals surface area contributed by atoms with E-state index >= 15 is 0 Å². The Hall–Kier alpha value is -0.830. The van der Waals surface area contributed by atoms with Crippen LogP contribution in [0.4, 0.5) is 0 Å². The number of nitrogens with zero attached hydrogens (tertiary/aromatic N) is 2. The van der Waals surface area contributed by atoms with Crippen LogP contribution in [0.15, 0.2) is 12.4 Å². The first-order valence-corrected chi connectivity index (χ1v) is 6.13. The second kappa shape index (κ2) is 3.88. The highest BCUT2D eigenvalue weighted by molar-refractivity contribution is 5.01. The summed E-state index contributed by atoms with van der Waals surface area (Å²) >= 11 is 0. The van der Waals surface area contributed by atoms with Crippen molar-refractivity contribution in [3.05, 3.63) is 18.2 Å². The second-order valence-electron chi connectivity index (χ2n) is 5.72. The van der Waals surface area contributed by atoms with Crippen LogP contribution in [0.1, 0.15) is 45.4 Å². The molecule has 1 aliphatic rings. The summed E-state index contributed by atoms with van der Waals surface area (Å²) in [4.78, 5) is 4.31. The van der Waals surface area contributed by atoms with E-state index in [9.17, 15) is 5.11 Å². The standard InChI is InChI=1S/C13H22N2O/c1-12(2)6-4-7-13(12,16)8-5-11-14-9-10-15(11)3/h9-10,16H,4-8H2,1-3H3. The van der Waals surface area contributed by atoms with Gasteiger partial charge in [0.05, 0.1) is 5.60 Å². The van der Waals surface area contributed by atoms with E-state index in [1.807, 2.05) is 24.0 Å². The van der Waals surface area contributed by atoms with E-state index in [0.717, 1.165) is 37.9 Å². The summed E-state index contributed by atoms with van der Waals surface area (Å²) in [5.74, 6) is 1.07. The zero-order valence-corrected chi connectivity index (χ0v) is 10.5. The maximum absolute atomic E-state index is 10.7. The molecule has 1 saturated carbocycles. The lowest BCUT2D eigenvalue weighted by Crippen LogP contribution is -2.40. The zero-order valence-electron chi connectivity index (χ0n) is 10.5.